The molecular formula is C12H15BrCl2N2. The van der Waals surface area contributed by atoms with Gasteiger partial charge in [0.2, 0.25) is 0 Å². The molecule has 1 saturated heterocycles. The molecule has 1 unspecified atom stereocenters. The Kier molecular flexibility index (Phi) is 4.59. The molecule has 2 nitrogen and oxygen atoms in total. The second-order valence-electron chi connectivity index (χ2n) is 4.21. The van der Waals surface area contributed by atoms with Crippen molar-refractivity contribution in [2.24, 2.45) is 0 Å². The van der Waals surface area contributed by atoms with Gasteiger partial charge in [0.15, 0.2) is 0 Å². The summed E-state index contributed by atoms with van der Waals surface area (Å²) in [5, 5.41) is 4.88. The number of nitrogens with zero attached hydrogens (tertiary/aromatic N) is 1. The van der Waals surface area contributed by atoms with Crippen LogP contribution in [0, 0.1) is 0 Å². The quantitative estimate of drug-likeness (QED) is 0.898. The molecule has 94 valence electrons. The van der Waals surface area contributed by atoms with Gasteiger partial charge in [0.1, 0.15) is 0 Å². The number of nitrogens with one attached hydrogen (secondary N) is 1. The summed E-state index contributed by atoms with van der Waals surface area (Å²) in [5.41, 5.74) is 0.955. The maximum Gasteiger partial charge on any atom is 0.0746 e. The smallest absolute Gasteiger partial charge is 0.0746 e. The minimum atomic E-state index is 0.538. The Morgan fingerprint density at radius 3 is 2.65 bits per heavy atom. The third-order valence-electron chi connectivity index (χ3n) is 2.98. The zero-order valence-electron chi connectivity index (χ0n) is 9.64. The lowest BCUT2D eigenvalue weighted by molar-refractivity contribution is 0.572. The summed E-state index contributed by atoms with van der Waals surface area (Å²) >= 11 is 15.9. The normalized spacial score (nSPS) is 20.0. The van der Waals surface area contributed by atoms with Gasteiger partial charge in [-0.1, -0.05) is 46.1 Å². The SMILES string of the molecule is CCNC1CCN(c2c(Cl)cc(Br)cc2Cl)C1. The van der Waals surface area contributed by atoms with Crippen LogP contribution in [0.5, 0.6) is 0 Å². The van der Waals surface area contributed by atoms with Crippen molar-refractivity contribution >= 4 is 44.8 Å². The average Bonchev–Trinajstić information content (AvgIpc) is 2.65. The van der Waals surface area contributed by atoms with Crippen LogP contribution >= 0.6 is 39.1 Å². The number of likely N-dealkylation sites (N-methyl/N-ethyl adjacent to an activating group) is 1. The van der Waals surface area contributed by atoms with Gasteiger partial charge in [-0.05, 0) is 25.1 Å². The molecule has 1 heterocycles. The van der Waals surface area contributed by atoms with Crippen molar-refractivity contribution in [1.29, 1.82) is 0 Å². The summed E-state index contributed by atoms with van der Waals surface area (Å²) in [4.78, 5) is 2.25. The molecule has 1 aliphatic rings. The van der Waals surface area contributed by atoms with Crippen LogP contribution in [0.4, 0.5) is 5.69 Å². The Bertz CT molecular complexity index is 388. The number of halogens is 3. The van der Waals surface area contributed by atoms with Gasteiger partial charge in [0.05, 0.1) is 15.7 Å². The van der Waals surface area contributed by atoms with Gasteiger partial charge < -0.3 is 10.2 Å². The lowest BCUT2D eigenvalue weighted by atomic mass is 10.2. The number of hydrogen-bond acceptors (Lipinski definition) is 2. The summed E-state index contributed by atoms with van der Waals surface area (Å²) in [6.07, 6.45) is 1.14. The molecule has 0 radical (unpaired) electrons. The highest BCUT2D eigenvalue weighted by atomic mass is 79.9. The molecule has 17 heavy (non-hydrogen) atoms. The first-order chi connectivity index (χ1) is 8.11. The van der Waals surface area contributed by atoms with Crippen LogP contribution in [0.2, 0.25) is 10.0 Å². The first-order valence-corrected chi connectivity index (χ1v) is 7.29. The van der Waals surface area contributed by atoms with Gasteiger partial charge in [-0.25, -0.2) is 0 Å². The predicted molar refractivity (Wildman–Crippen MR) is 78.5 cm³/mol. The second-order valence-corrected chi connectivity index (χ2v) is 5.94. The number of hydrogen-bond donors (Lipinski definition) is 1. The zero-order chi connectivity index (χ0) is 12.4. The van der Waals surface area contributed by atoms with E-state index in [1.165, 1.54) is 0 Å². The molecule has 1 fully saturated rings. The minimum absolute atomic E-state index is 0.538. The molecule has 1 N–H and O–H groups in total. The average molecular weight is 338 g/mol. The van der Waals surface area contributed by atoms with E-state index >= 15 is 0 Å². The van der Waals surface area contributed by atoms with Crippen LogP contribution in [-0.2, 0) is 0 Å². The van der Waals surface area contributed by atoms with Gasteiger partial charge in [-0.2, -0.15) is 0 Å². The van der Waals surface area contributed by atoms with Crippen molar-refractivity contribution in [3.8, 4) is 0 Å². The van der Waals surface area contributed by atoms with Crippen LogP contribution in [0.15, 0.2) is 16.6 Å². The highest BCUT2D eigenvalue weighted by molar-refractivity contribution is 9.10. The highest BCUT2D eigenvalue weighted by Crippen LogP contribution is 2.38. The third kappa shape index (κ3) is 3.08. The fourth-order valence-corrected chi connectivity index (χ4v) is 3.70. The Hall–Kier alpha value is 0.0400. The van der Waals surface area contributed by atoms with Crippen LogP contribution in [-0.4, -0.2) is 25.7 Å². The van der Waals surface area contributed by atoms with E-state index in [9.17, 15) is 0 Å². The van der Waals surface area contributed by atoms with Crippen LogP contribution in [0.25, 0.3) is 0 Å². The fourth-order valence-electron chi connectivity index (χ4n) is 2.26. The molecular weight excluding hydrogens is 323 g/mol. The Morgan fingerprint density at radius 1 is 1.41 bits per heavy atom. The van der Waals surface area contributed by atoms with Crippen molar-refractivity contribution in [2.45, 2.75) is 19.4 Å². The number of benzene rings is 1. The lowest BCUT2D eigenvalue weighted by Gasteiger charge is -2.21. The molecule has 1 aliphatic heterocycles. The molecule has 0 aromatic heterocycles. The van der Waals surface area contributed by atoms with Gasteiger partial charge in [0.25, 0.3) is 0 Å². The largest absolute Gasteiger partial charge is 0.368 e. The van der Waals surface area contributed by atoms with E-state index in [1.807, 2.05) is 12.1 Å². The topological polar surface area (TPSA) is 15.3 Å². The van der Waals surface area contributed by atoms with Crippen molar-refractivity contribution in [2.75, 3.05) is 24.5 Å². The molecule has 2 rings (SSSR count). The van der Waals surface area contributed by atoms with E-state index in [2.05, 4.69) is 33.1 Å². The van der Waals surface area contributed by atoms with Gasteiger partial charge in [-0.3, -0.25) is 0 Å². The van der Waals surface area contributed by atoms with Crippen molar-refractivity contribution < 1.29 is 0 Å². The predicted octanol–water partition coefficient (Wildman–Crippen LogP) is 3.94. The summed E-state index contributed by atoms with van der Waals surface area (Å²) in [6, 6.07) is 4.32. The fraction of sp³-hybridized carbons (Fsp3) is 0.500. The molecule has 0 aliphatic carbocycles. The molecule has 0 saturated carbocycles. The summed E-state index contributed by atoms with van der Waals surface area (Å²) < 4.78 is 0.915. The number of anilines is 1. The first kappa shape index (κ1) is 13.5. The first-order valence-electron chi connectivity index (χ1n) is 5.74. The minimum Gasteiger partial charge on any atom is -0.368 e. The van der Waals surface area contributed by atoms with E-state index in [4.69, 9.17) is 23.2 Å². The molecule has 0 bridgehead atoms. The summed E-state index contributed by atoms with van der Waals surface area (Å²) in [7, 11) is 0. The molecule has 1 aromatic rings. The molecule has 0 amide bonds. The number of rotatable bonds is 3. The van der Waals surface area contributed by atoms with E-state index in [-0.39, 0.29) is 0 Å². The van der Waals surface area contributed by atoms with E-state index in [1.54, 1.807) is 0 Å². The van der Waals surface area contributed by atoms with Gasteiger partial charge >= 0.3 is 0 Å². The standard InChI is InChI=1S/C12H15BrCl2N2/c1-2-16-9-3-4-17(7-9)12-10(14)5-8(13)6-11(12)15/h5-6,9,16H,2-4,7H2,1H3. The summed E-state index contributed by atoms with van der Waals surface area (Å²) in [5.74, 6) is 0. The van der Waals surface area contributed by atoms with Crippen molar-refractivity contribution in [3.63, 3.8) is 0 Å². The second kappa shape index (κ2) is 5.79. The van der Waals surface area contributed by atoms with E-state index in [0.29, 0.717) is 16.1 Å². The third-order valence-corrected chi connectivity index (χ3v) is 4.01. The van der Waals surface area contributed by atoms with Gasteiger partial charge in [-0.15, -0.1) is 0 Å². The Balaban J connectivity index is 2.19. The van der Waals surface area contributed by atoms with Crippen LogP contribution in [0.3, 0.4) is 0 Å². The molecule has 0 spiro atoms. The van der Waals surface area contributed by atoms with E-state index < -0.39 is 0 Å². The molecule has 1 aromatic carbocycles. The zero-order valence-corrected chi connectivity index (χ0v) is 12.7. The van der Waals surface area contributed by atoms with Crippen LogP contribution in [0.1, 0.15) is 13.3 Å². The molecule has 5 heteroatoms. The van der Waals surface area contributed by atoms with E-state index in [0.717, 1.165) is 36.2 Å². The van der Waals surface area contributed by atoms with Gasteiger partial charge in [0, 0.05) is 23.6 Å². The van der Waals surface area contributed by atoms with Crippen LogP contribution < -0.4 is 10.2 Å². The maximum atomic E-state index is 6.26. The Morgan fingerprint density at radius 2 is 2.06 bits per heavy atom. The van der Waals surface area contributed by atoms with Crippen molar-refractivity contribution in [3.05, 3.63) is 26.7 Å². The molecule has 1 atom stereocenters. The highest BCUT2D eigenvalue weighted by Gasteiger charge is 2.25. The monoisotopic (exact) mass is 336 g/mol. The Labute approximate surface area is 120 Å². The lowest BCUT2D eigenvalue weighted by Crippen LogP contribution is -2.32. The van der Waals surface area contributed by atoms with Crippen molar-refractivity contribution in [1.82, 2.24) is 5.32 Å². The summed E-state index contributed by atoms with van der Waals surface area (Å²) in [6.45, 7) is 5.09. The maximum absolute atomic E-state index is 6.26.